The summed E-state index contributed by atoms with van der Waals surface area (Å²) in [6.07, 6.45) is 1.67. The summed E-state index contributed by atoms with van der Waals surface area (Å²) in [4.78, 5) is 8.79. The predicted molar refractivity (Wildman–Crippen MR) is 72.7 cm³/mol. The van der Waals surface area contributed by atoms with Crippen LogP contribution in [0.25, 0.3) is 11.0 Å². The number of fused-ring (bicyclic) bond motifs is 1. The van der Waals surface area contributed by atoms with Crippen molar-refractivity contribution in [3.63, 3.8) is 0 Å². The third-order valence-corrected chi connectivity index (χ3v) is 3.42. The fourth-order valence-electron chi connectivity index (χ4n) is 1.70. The fraction of sp³-hybridized carbons (Fsp3) is 0.300. The molecule has 3 heterocycles. The van der Waals surface area contributed by atoms with E-state index in [0.29, 0.717) is 34.2 Å². The van der Waals surface area contributed by atoms with E-state index < -0.39 is 0 Å². The van der Waals surface area contributed by atoms with Crippen LogP contribution in [0.4, 0.5) is 5.82 Å². The van der Waals surface area contributed by atoms with Crippen molar-refractivity contribution < 1.29 is 4.42 Å². The number of aryl methyl sites for hydroxylation is 2. The molecule has 0 atom stereocenters. The Morgan fingerprint density at radius 2 is 2.25 bits per heavy atom. The summed E-state index contributed by atoms with van der Waals surface area (Å²) in [6.45, 7) is 1.74. The van der Waals surface area contributed by atoms with Gasteiger partial charge in [0.2, 0.25) is 5.89 Å². The molecule has 0 fully saturated rings. The van der Waals surface area contributed by atoms with Crippen LogP contribution in [-0.2, 0) is 12.8 Å². The van der Waals surface area contributed by atoms with Gasteiger partial charge in [0, 0.05) is 14.0 Å². The predicted octanol–water partition coefficient (Wildman–Crippen LogP) is 0.633. The first kappa shape index (κ1) is 12.8. The molecule has 3 rings (SSSR count). The normalized spacial score (nSPS) is 11.2. The Balaban J connectivity index is 1.89. The van der Waals surface area contributed by atoms with E-state index in [-0.39, 0.29) is 0 Å². The molecule has 0 unspecified atom stereocenters. The summed E-state index contributed by atoms with van der Waals surface area (Å²) < 4.78 is 6.95. The van der Waals surface area contributed by atoms with Gasteiger partial charge < -0.3 is 9.84 Å². The zero-order valence-corrected chi connectivity index (χ0v) is 11.7. The first-order valence-electron chi connectivity index (χ1n) is 5.75. The Morgan fingerprint density at radius 1 is 1.40 bits per heavy atom. The van der Waals surface area contributed by atoms with E-state index in [0.717, 1.165) is 5.39 Å². The van der Waals surface area contributed by atoms with Gasteiger partial charge >= 0.3 is 0 Å². The number of hydrogen-bond donors (Lipinski definition) is 2. The SMILES string of the molecule is Cc1nnc(SCc2nc(NN)c3cnn(C)c3n2)o1. The van der Waals surface area contributed by atoms with Gasteiger partial charge in [-0.25, -0.2) is 15.8 Å². The van der Waals surface area contributed by atoms with Crippen LogP contribution in [0.3, 0.4) is 0 Å². The fourth-order valence-corrected chi connectivity index (χ4v) is 2.36. The van der Waals surface area contributed by atoms with Crippen molar-refractivity contribution in [3.05, 3.63) is 17.9 Å². The maximum absolute atomic E-state index is 5.48. The van der Waals surface area contributed by atoms with Crippen molar-refractivity contribution >= 4 is 28.6 Å². The van der Waals surface area contributed by atoms with Crippen LogP contribution in [0, 0.1) is 6.92 Å². The van der Waals surface area contributed by atoms with Crippen LogP contribution in [0.15, 0.2) is 15.8 Å². The highest BCUT2D eigenvalue weighted by Gasteiger charge is 2.12. The summed E-state index contributed by atoms with van der Waals surface area (Å²) in [7, 11) is 1.81. The summed E-state index contributed by atoms with van der Waals surface area (Å²) >= 11 is 1.37. The number of nitrogens with one attached hydrogen (secondary N) is 1. The van der Waals surface area contributed by atoms with Gasteiger partial charge in [0.1, 0.15) is 5.82 Å². The molecular formula is C10H12N8OS. The summed E-state index contributed by atoms with van der Waals surface area (Å²) in [6, 6.07) is 0. The summed E-state index contributed by atoms with van der Waals surface area (Å²) in [5.41, 5.74) is 3.27. The van der Waals surface area contributed by atoms with Crippen LogP contribution in [-0.4, -0.2) is 29.9 Å². The van der Waals surface area contributed by atoms with E-state index in [9.17, 15) is 0 Å². The number of nitrogen functional groups attached to an aromatic ring is 1. The molecule has 0 amide bonds. The van der Waals surface area contributed by atoms with E-state index in [2.05, 4.69) is 30.7 Å². The number of thioether (sulfide) groups is 1. The first-order chi connectivity index (χ1) is 9.67. The zero-order valence-electron chi connectivity index (χ0n) is 10.9. The maximum Gasteiger partial charge on any atom is 0.277 e. The van der Waals surface area contributed by atoms with Crippen molar-refractivity contribution in [1.82, 2.24) is 29.9 Å². The third kappa shape index (κ3) is 2.30. The van der Waals surface area contributed by atoms with Gasteiger partial charge in [-0.3, -0.25) is 4.68 Å². The number of hydrogen-bond acceptors (Lipinski definition) is 9. The lowest BCUT2D eigenvalue weighted by Crippen LogP contribution is -2.11. The average Bonchev–Trinajstić information content (AvgIpc) is 3.03. The Bertz CT molecular complexity index is 751. The van der Waals surface area contributed by atoms with Crippen molar-refractivity contribution in [2.75, 3.05) is 5.43 Å². The van der Waals surface area contributed by atoms with Crippen molar-refractivity contribution in [3.8, 4) is 0 Å². The van der Waals surface area contributed by atoms with Gasteiger partial charge in [0.05, 0.1) is 17.3 Å². The van der Waals surface area contributed by atoms with Crippen LogP contribution < -0.4 is 11.3 Å². The van der Waals surface area contributed by atoms with E-state index in [1.165, 1.54) is 11.8 Å². The molecule has 3 aromatic rings. The van der Waals surface area contributed by atoms with E-state index in [4.69, 9.17) is 10.3 Å². The monoisotopic (exact) mass is 292 g/mol. The van der Waals surface area contributed by atoms with E-state index in [1.807, 2.05) is 7.05 Å². The highest BCUT2D eigenvalue weighted by Crippen LogP contribution is 2.23. The molecule has 0 radical (unpaired) electrons. The van der Waals surface area contributed by atoms with E-state index in [1.54, 1.807) is 17.8 Å². The molecule has 0 aliphatic heterocycles. The topological polar surface area (TPSA) is 121 Å². The number of nitrogens with zero attached hydrogens (tertiary/aromatic N) is 6. The lowest BCUT2D eigenvalue weighted by Gasteiger charge is -2.04. The molecule has 3 aromatic heterocycles. The standard InChI is InChI=1S/C10H12N8OS/c1-5-16-17-10(19-5)20-4-7-13-8(15-11)6-3-12-18(2)9(6)14-7/h3H,4,11H2,1-2H3,(H,13,14,15). The molecule has 0 saturated carbocycles. The summed E-state index contributed by atoms with van der Waals surface area (Å²) in [5, 5.41) is 13.1. The van der Waals surface area contributed by atoms with Crippen LogP contribution >= 0.6 is 11.8 Å². The number of hydrazine groups is 1. The quantitative estimate of drug-likeness (QED) is 0.405. The Kier molecular flexibility index (Phi) is 3.24. The minimum Gasteiger partial charge on any atom is -0.416 e. The minimum atomic E-state index is 0.485. The Labute approximate surface area is 117 Å². The van der Waals surface area contributed by atoms with E-state index >= 15 is 0 Å². The molecule has 3 N–H and O–H groups in total. The van der Waals surface area contributed by atoms with Crippen LogP contribution in [0.2, 0.25) is 0 Å². The maximum atomic E-state index is 5.48. The third-order valence-electron chi connectivity index (χ3n) is 2.61. The Morgan fingerprint density at radius 3 is 2.95 bits per heavy atom. The largest absolute Gasteiger partial charge is 0.416 e. The zero-order chi connectivity index (χ0) is 14.1. The van der Waals surface area contributed by atoms with Gasteiger partial charge in [-0.1, -0.05) is 11.8 Å². The van der Waals surface area contributed by atoms with Crippen molar-refractivity contribution in [2.24, 2.45) is 12.9 Å². The van der Waals surface area contributed by atoms with Gasteiger partial charge in [-0.2, -0.15) is 5.10 Å². The summed E-state index contributed by atoms with van der Waals surface area (Å²) in [5.74, 6) is 7.65. The number of rotatable bonds is 4. The molecule has 0 aromatic carbocycles. The highest BCUT2D eigenvalue weighted by atomic mass is 32.2. The van der Waals surface area contributed by atoms with Gasteiger partial charge in [0.15, 0.2) is 11.5 Å². The lowest BCUT2D eigenvalue weighted by molar-refractivity contribution is 0.429. The highest BCUT2D eigenvalue weighted by molar-refractivity contribution is 7.98. The van der Waals surface area contributed by atoms with Crippen molar-refractivity contribution in [2.45, 2.75) is 17.9 Å². The van der Waals surface area contributed by atoms with Gasteiger partial charge in [-0.05, 0) is 0 Å². The second kappa shape index (κ2) is 5.06. The molecule has 10 heteroatoms. The second-order valence-electron chi connectivity index (χ2n) is 4.01. The van der Waals surface area contributed by atoms with Crippen LogP contribution in [0.1, 0.15) is 11.7 Å². The molecule has 0 aliphatic carbocycles. The lowest BCUT2D eigenvalue weighted by atomic mass is 10.4. The smallest absolute Gasteiger partial charge is 0.277 e. The Hall–Kier alpha value is -2.20. The number of aromatic nitrogens is 6. The average molecular weight is 292 g/mol. The molecule has 9 nitrogen and oxygen atoms in total. The molecule has 0 bridgehead atoms. The molecule has 104 valence electrons. The molecule has 20 heavy (non-hydrogen) atoms. The number of anilines is 1. The van der Waals surface area contributed by atoms with Crippen molar-refractivity contribution in [1.29, 1.82) is 0 Å². The number of nitrogens with two attached hydrogens (primary N) is 1. The second-order valence-corrected chi connectivity index (χ2v) is 4.94. The molecule has 0 spiro atoms. The van der Waals surface area contributed by atoms with Crippen LogP contribution in [0.5, 0.6) is 0 Å². The molecular weight excluding hydrogens is 280 g/mol. The van der Waals surface area contributed by atoms with Gasteiger partial charge in [0.25, 0.3) is 5.22 Å². The minimum absolute atomic E-state index is 0.485. The van der Waals surface area contributed by atoms with Gasteiger partial charge in [-0.15, -0.1) is 10.2 Å². The first-order valence-corrected chi connectivity index (χ1v) is 6.74. The molecule has 0 aliphatic rings. The molecule has 0 saturated heterocycles.